The predicted molar refractivity (Wildman–Crippen MR) is 52.8 cm³/mol. The minimum absolute atomic E-state index is 0.151. The van der Waals surface area contributed by atoms with Gasteiger partial charge in [0, 0.05) is 25.7 Å². The first-order chi connectivity index (χ1) is 6.77. The third-order valence-electron chi connectivity index (χ3n) is 2.97. The van der Waals surface area contributed by atoms with Gasteiger partial charge in [0.15, 0.2) is 0 Å². The minimum Gasteiger partial charge on any atom is -0.368 e. The Morgan fingerprint density at radius 1 is 1.36 bits per heavy atom. The zero-order chi connectivity index (χ0) is 9.97. The van der Waals surface area contributed by atoms with E-state index in [4.69, 9.17) is 10.5 Å². The highest BCUT2D eigenvalue weighted by molar-refractivity contribution is 5.81. The van der Waals surface area contributed by atoms with Crippen molar-refractivity contribution in [2.75, 3.05) is 19.7 Å². The van der Waals surface area contributed by atoms with Gasteiger partial charge in [0.05, 0.1) is 0 Å². The Balaban J connectivity index is 1.89. The Labute approximate surface area is 84.4 Å². The fourth-order valence-corrected chi connectivity index (χ4v) is 2.19. The van der Waals surface area contributed by atoms with Crippen molar-refractivity contribution in [1.29, 1.82) is 0 Å². The summed E-state index contributed by atoms with van der Waals surface area (Å²) in [7, 11) is 0. The average molecular weight is 198 g/mol. The molecule has 2 N–H and O–H groups in total. The smallest absolute Gasteiger partial charge is 0.251 e. The van der Waals surface area contributed by atoms with Gasteiger partial charge in [-0.3, -0.25) is 4.79 Å². The van der Waals surface area contributed by atoms with E-state index < -0.39 is 0 Å². The van der Waals surface area contributed by atoms with E-state index in [0.717, 1.165) is 38.8 Å². The molecule has 4 heteroatoms. The number of carbonyl (C=O) groups excluding carboxylic acids is 1. The van der Waals surface area contributed by atoms with Gasteiger partial charge in [0.2, 0.25) is 0 Å². The Morgan fingerprint density at radius 2 is 2.21 bits per heavy atom. The number of hydrogen-bond donors (Lipinski definition) is 1. The molecule has 0 aromatic rings. The maximum atomic E-state index is 11.9. The largest absolute Gasteiger partial charge is 0.368 e. The monoisotopic (exact) mass is 198 g/mol. The number of hydrogen-bond acceptors (Lipinski definition) is 3. The quantitative estimate of drug-likeness (QED) is 0.651. The Bertz CT molecular complexity index is 214. The van der Waals surface area contributed by atoms with Gasteiger partial charge < -0.3 is 15.4 Å². The van der Waals surface area contributed by atoms with E-state index in [1.807, 2.05) is 4.90 Å². The van der Waals surface area contributed by atoms with Crippen LogP contribution < -0.4 is 5.73 Å². The molecule has 0 bridgehead atoms. The molecule has 0 radical (unpaired) electrons. The summed E-state index contributed by atoms with van der Waals surface area (Å²) in [5.41, 5.74) is 5.83. The highest BCUT2D eigenvalue weighted by Crippen LogP contribution is 2.17. The molecule has 2 heterocycles. The molecule has 14 heavy (non-hydrogen) atoms. The lowest BCUT2D eigenvalue weighted by Gasteiger charge is -2.32. The fourth-order valence-electron chi connectivity index (χ4n) is 2.19. The minimum atomic E-state index is -0.180. The van der Waals surface area contributed by atoms with E-state index in [2.05, 4.69) is 0 Å². The molecule has 0 aliphatic carbocycles. The van der Waals surface area contributed by atoms with Crippen molar-refractivity contribution >= 4 is 5.91 Å². The van der Waals surface area contributed by atoms with Crippen molar-refractivity contribution in [1.82, 2.24) is 4.90 Å². The number of ether oxygens (including phenoxy) is 1. The molecule has 0 spiro atoms. The summed E-state index contributed by atoms with van der Waals surface area (Å²) < 4.78 is 5.37. The number of amides is 1. The summed E-state index contributed by atoms with van der Waals surface area (Å²) in [5, 5.41) is 0. The first-order valence-corrected chi connectivity index (χ1v) is 5.43. The average Bonchev–Trinajstić information content (AvgIpc) is 2.69. The van der Waals surface area contributed by atoms with Gasteiger partial charge in [0.25, 0.3) is 5.91 Å². The van der Waals surface area contributed by atoms with Crippen LogP contribution in [0.1, 0.15) is 25.7 Å². The molecule has 2 atom stereocenters. The summed E-state index contributed by atoms with van der Waals surface area (Å²) in [6, 6.07) is 0.161. The van der Waals surface area contributed by atoms with Gasteiger partial charge in [-0.15, -0.1) is 0 Å². The molecular weight excluding hydrogens is 180 g/mol. The molecule has 2 aliphatic heterocycles. The van der Waals surface area contributed by atoms with Crippen LogP contribution in [0.5, 0.6) is 0 Å². The molecule has 4 nitrogen and oxygen atoms in total. The van der Waals surface area contributed by atoms with Crippen LogP contribution in [0.15, 0.2) is 0 Å². The summed E-state index contributed by atoms with van der Waals surface area (Å²) in [4.78, 5) is 13.8. The summed E-state index contributed by atoms with van der Waals surface area (Å²) in [6.07, 6.45) is 3.77. The summed E-state index contributed by atoms with van der Waals surface area (Å²) in [5.74, 6) is 0.151. The van der Waals surface area contributed by atoms with Crippen LogP contribution in [0, 0.1) is 0 Å². The molecule has 1 amide bonds. The number of piperidine rings is 1. The lowest BCUT2D eigenvalue weighted by molar-refractivity contribution is -0.142. The maximum absolute atomic E-state index is 11.9. The van der Waals surface area contributed by atoms with Crippen LogP contribution >= 0.6 is 0 Å². The SMILES string of the molecule is NC1CCCN(C(=O)[C@H]2CCCO2)C1. The van der Waals surface area contributed by atoms with Gasteiger partial charge in [-0.05, 0) is 25.7 Å². The number of likely N-dealkylation sites (tertiary alicyclic amines) is 1. The molecule has 0 aromatic heterocycles. The standard InChI is InChI=1S/C10H18N2O2/c11-8-3-1-5-12(7-8)10(13)9-4-2-6-14-9/h8-9H,1-7,11H2/t8?,9-/m1/s1. The first-order valence-electron chi connectivity index (χ1n) is 5.43. The molecule has 0 aromatic carbocycles. The second kappa shape index (κ2) is 4.28. The third-order valence-corrected chi connectivity index (χ3v) is 2.97. The van der Waals surface area contributed by atoms with Crippen LogP contribution in [0.2, 0.25) is 0 Å². The first kappa shape index (κ1) is 9.93. The molecule has 1 unspecified atom stereocenters. The van der Waals surface area contributed by atoms with E-state index in [1.165, 1.54) is 0 Å². The van der Waals surface area contributed by atoms with Gasteiger partial charge in [-0.1, -0.05) is 0 Å². The normalized spacial score (nSPS) is 33.4. The zero-order valence-electron chi connectivity index (χ0n) is 8.45. The van der Waals surface area contributed by atoms with Crippen molar-refractivity contribution < 1.29 is 9.53 Å². The van der Waals surface area contributed by atoms with Gasteiger partial charge >= 0.3 is 0 Å². The topological polar surface area (TPSA) is 55.6 Å². The lowest BCUT2D eigenvalue weighted by Crippen LogP contribution is -2.49. The highest BCUT2D eigenvalue weighted by Gasteiger charge is 2.30. The van der Waals surface area contributed by atoms with E-state index in [0.29, 0.717) is 6.54 Å². The molecule has 2 saturated heterocycles. The van der Waals surface area contributed by atoms with Crippen molar-refractivity contribution in [3.63, 3.8) is 0 Å². The number of nitrogens with two attached hydrogens (primary N) is 1. The number of rotatable bonds is 1. The molecule has 2 fully saturated rings. The van der Waals surface area contributed by atoms with Gasteiger partial charge in [-0.25, -0.2) is 0 Å². The van der Waals surface area contributed by atoms with Crippen molar-refractivity contribution in [3.05, 3.63) is 0 Å². The molecule has 2 rings (SSSR count). The van der Waals surface area contributed by atoms with Crippen molar-refractivity contribution in [3.8, 4) is 0 Å². The van der Waals surface area contributed by atoms with Crippen LogP contribution in [0.4, 0.5) is 0 Å². The van der Waals surface area contributed by atoms with E-state index in [-0.39, 0.29) is 18.1 Å². The Morgan fingerprint density at radius 3 is 2.86 bits per heavy atom. The Hall–Kier alpha value is -0.610. The number of nitrogens with zero attached hydrogens (tertiary/aromatic N) is 1. The second-order valence-electron chi connectivity index (χ2n) is 4.19. The van der Waals surface area contributed by atoms with Crippen LogP contribution in [-0.4, -0.2) is 42.6 Å². The summed E-state index contributed by atoms with van der Waals surface area (Å²) >= 11 is 0. The maximum Gasteiger partial charge on any atom is 0.251 e. The number of carbonyl (C=O) groups is 1. The van der Waals surface area contributed by atoms with Crippen molar-refractivity contribution in [2.45, 2.75) is 37.8 Å². The second-order valence-corrected chi connectivity index (χ2v) is 4.19. The predicted octanol–water partition coefficient (Wildman–Crippen LogP) is 0.115. The molecule has 80 valence electrons. The molecular formula is C10H18N2O2. The zero-order valence-corrected chi connectivity index (χ0v) is 8.45. The summed E-state index contributed by atoms with van der Waals surface area (Å²) in [6.45, 7) is 2.29. The molecule has 0 saturated carbocycles. The van der Waals surface area contributed by atoms with Crippen LogP contribution in [-0.2, 0) is 9.53 Å². The molecule has 2 aliphatic rings. The third kappa shape index (κ3) is 2.07. The van der Waals surface area contributed by atoms with E-state index >= 15 is 0 Å². The lowest BCUT2D eigenvalue weighted by atomic mass is 10.1. The van der Waals surface area contributed by atoms with Crippen LogP contribution in [0.3, 0.4) is 0 Å². The van der Waals surface area contributed by atoms with Gasteiger partial charge in [0.1, 0.15) is 6.10 Å². The fraction of sp³-hybridized carbons (Fsp3) is 0.900. The van der Waals surface area contributed by atoms with E-state index in [1.54, 1.807) is 0 Å². The van der Waals surface area contributed by atoms with E-state index in [9.17, 15) is 4.79 Å². The van der Waals surface area contributed by atoms with Gasteiger partial charge in [-0.2, -0.15) is 0 Å². The Kier molecular flexibility index (Phi) is 3.03. The highest BCUT2D eigenvalue weighted by atomic mass is 16.5. The van der Waals surface area contributed by atoms with Crippen molar-refractivity contribution in [2.24, 2.45) is 5.73 Å². The van der Waals surface area contributed by atoms with Crippen LogP contribution in [0.25, 0.3) is 0 Å².